The summed E-state index contributed by atoms with van der Waals surface area (Å²) in [5.41, 5.74) is 6.20. The number of nitrogens with zero attached hydrogens (tertiary/aromatic N) is 2. The molecule has 0 saturated heterocycles. The van der Waals surface area contributed by atoms with Gasteiger partial charge < -0.3 is 15.8 Å². The lowest BCUT2D eigenvalue weighted by atomic mass is 9.74. The fraction of sp³-hybridized carbons (Fsp3) is 0.733. The number of anilines is 1. The van der Waals surface area contributed by atoms with E-state index in [4.69, 9.17) is 10.5 Å². The third kappa shape index (κ3) is 4.07. The molecule has 0 aromatic carbocycles. The Kier molecular flexibility index (Phi) is 5.59. The summed E-state index contributed by atoms with van der Waals surface area (Å²) in [5.74, 6) is 1.27. The molecule has 0 aliphatic heterocycles. The number of hydrogen-bond acceptors (Lipinski definition) is 5. The van der Waals surface area contributed by atoms with Crippen LogP contribution in [-0.4, -0.2) is 29.7 Å². The number of aromatic nitrogens is 2. The quantitative estimate of drug-likeness (QED) is 0.802. The van der Waals surface area contributed by atoms with E-state index >= 15 is 0 Å². The first-order valence-electron chi connectivity index (χ1n) is 7.68. The average Bonchev–Trinajstić information content (AvgIpc) is 2.52. The molecule has 1 aliphatic rings. The first kappa shape index (κ1) is 15.0. The third-order valence-electron chi connectivity index (χ3n) is 4.05. The minimum atomic E-state index is 0.210. The largest absolute Gasteiger partial charge is 0.478 e. The molecule has 112 valence electrons. The van der Waals surface area contributed by atoms with E-state index in [1.807, 2.05) is 0 Å². The highest BCUT2D eigenvalue weighted by Gasteiger charge is 2.30. The summed E-state index contributed by atoms with van der Waals surface area (Å²) in [7, 11) is 0. The van der Waals surface area contributed by atoms with E-state index in [1.54, 1.807) is 12.3 Å². The molecule has 2 rings (SSSR count). The maximum absolute atomic E-state index is 5.99. The average molecular weight is 278 g/mol. The van der Waals surface area contributed by atoms with Gasteiger partial charge in [0.25, 0.3) is 0 Å². The Morgan fingerprint density at radius 3 is 2.85 bits per heavy atom. The molecule has 3 N–H and O–H groups in total. The molecule has 0 bridgehead atoms. The minimum absolute atomic E-state index is 0.210. The number of nitrogens with one attached hydrogen (secondary N) is 1. The van der Waals surface area contributed by atoms with Gasteiger partial charge in [0, 0.05) is 18.8 Å². The van der Waals surface area contributed by atoms with Crippen LogP contribution in [-0.2, 0) is 0 Å². The molecule has 0 amide bonds. The van der Waals surface area contributed by atoms with Crippen LogP contribution >= 0.6 is 0 Å². The molecule has 1 heterocycles. The van der Waals surface area contributed by atoms with Gasteiger partial charge in [-0.25, -0.2) is 4.98 Å². The van der Waals surface area contributed by atoms with Gasteiger partial charge in [-0.05, 0) is 31.2 Å². The molecule has 0 unspecified atom stereocenters. The number of rotatable bonds is 7. The first-order chi connectivity index (χ1) is 9.78. The van der Waals surface area contributed by atoms with Crippen molar-refractivity contribution in [2.24, 2.45) is 11.1 Å². The molecule has 1 aliphatic carbocycles. The van der Waals surface area contributed by atoms with Crippen molar-refractivity contribution in [2.45, 2.75) is 45.4 Å². The van der Waals surface area contributed by atoms with Crippen molar-refractivity contribution in [1.82, 2.24) is 9.97 Å². The summed E-state index contributed by atoms with van der Waals surface area (Å²) in [5, 5.41) is 3.34. The zero-order chi connectivity index (χ0) is 14.3. The van der Waals surface area contributed by atoms with Crippen molar-refractivity contribution in [3.05, 3.63) is 12.3 Å². The van der Waals surface area contributed by atoms with Gasteiger partial charge in [0.2, 0.25) is 11.8 Å². The van der Waals surface area contributed by atoms with Gasteiger partial charge in [-0.15, -0.1) is 0 Å². The van der Waals surface area contributed by atoms with Gasteiger partial charge in [0.1, 0.15) is 0 Å². The first-order valence-corrected chi connectivity index (χ1v) is 7.68. The predicted octanol–water partition coefficient (Wildman–Crippen LogP) is 2.59. The van der Waals surface area contributed by atoms with Gasteiger partial charge in [0.15, 0.2) is 0 Å². The standard InChI is InChI=1S/C15H26N4O/c1-2-10-20-13-6-9-17-14(19-13)18-12-15(11-16)7-4-3-5-8-15/h6,9H,2-5,7-8,10-12,16H2,1H3,(H,17,18,19). The summed E-state index contributed by atoms with van der Waals surface area (Å²) < 4.78 is 5.52. The summed E-state index contributed by atoms with van der Waals surface area (Å²) >= 11 is 0. The SMILES string of the molecule is CCCOc1ccnc(NCC2(CN)CCCCC2)n1. The van der Waals surface area contributed by atoms with Gasteiger partial charge in [-0.2, -0.15) is 4.98 Å². The van der Waals surface area contributed by atoms with E-state index in [1.165, 1.54) is 32.1 Å². The van der Waals surface area contributed by atoms with E-state index in [0.717, 1.165) is 19.5 Å². The van der Waals surface area contributed by atoms with Crippen LogP contribution < -0.4 is 15.8 Å². The number of nitrogens with two attached hydrogens (primary N) is 1. The monoisotopic (exact) mass is 278 g/mol. The molecule has 1 saturated carbocycles. The third-order valence-corrected chi connectivity index (χ3v) is 4.05. The molecular weight excluding hydrogens is 252 g/mol. The van der Waals surface area contributed by atoms with Gasteiger partial charge >= 0.3 is 0 Å². The fourth-order valence-corrected chi connectivity index (χ4v) is 2.74. The molecule has 0 atom stereocenters. The molecule has 20 heavy (non-hydrogen) atoms. The maximum Gasteiger partial charge on any atom is 0.225 e. The molecule has 1 aromatic heterocycles. The van der Waals surface area contributed by atoms with Crippen molar-refractivity contribution in [3.63, 3.8) is 0 Å². The van der Waals surface area contributed by atoms with E-state index in [-0.39, 0.29) is 5.41 Å². The molecule has 5 heteroatoms. The smallest absolute Gasteiger partial charge is 0.225 e. The zero-order valence-corrected chi connectivity index (χ0v) is 12.4. The highest BCUT2D eigenvalue weighted by molar-refractivity contribution is 5.28. The van der Waals surface area contributed by atoms with Crippen LogP contribution in [0.15, 0.2) is 12.3 Å². The maximum atomic E-state index is 5.99. The summed E-state index contributed by atoms with van der Waals surface area (Å²) in [6.07, 6.45) is 8.99. The molecule has 1 fully saturated rings. The highest BCUT2D eigenvalue weighted by atomic mass is 16.5. The van der Waals surface area contributed by atoms with Crippen LogP contribution in [0.2, 0.25) is 0 Å². The molecule has 0 radical (unpaired) electrons. The van der Waals surface area contributed by atoms with Crippen LogP contribution in [0.3, 0.4) is 0 Å². The van der Waals surface area contributed by atoms with Crippen LogP contribution in [0.5, 0.6) is 5.88 Å². The number of ether oxygens (including phenoxy) is 1. The second kappa shape index (κ2) is 7.43. The van der Waals surface area contributed by atoms with Crippen molar-refractivity contribution in [2.75, 3.05) is 25.0 Å². The Morgan fingerprint density at radius 1 is 1.35 bits per heavy atom. The van der Waals surface area contributed by atoms with Gasteiger partial charge in [-0.1, -0.05) is 26.2 Å². The molecule has 0 spiro atoms. The van der Waals surface area contributed by atoms with Crippen molar-refractivity contribution < 1.29 is 4.74 Å². The van der Waals surface area contributed by atoms with Gasteiger partial charge in [0.05, 0.1) is 6.61 Å². The van der Waals surface area contributed by atoms with E-state index in [0.29, 0.717) is 18.4 Å². The van der Waals surface area contributed by atoms with Gasteiger partial charge in [-0.3, -0.25) is 0 Å². The second-order valence-electron chi connectivity index (χ2n) is 5.69. The molecular formula is C15H26N4O. The van der Waals surface area contributed by atoms with E-state index in [9.17, 15) is 0 Å². The molecule has 5 nitrogen and oxygen atoms in total. The van der Waals surface area contributed by atoms with Crippen molar-refractivity contribution >= 4 is 5.95 Å². The highest BCUT2D eigenvalue weighted by Crippen LogP contribution is 2.35. The van der Waals surface area contributed by atoms with Crippen LogP contribution in [0, 0.1) is 5.41 Å². The van der Waals surface area contributed by atoms with Crippen molar-refractivity contribution in [1.29, 1.82) is 0 Å². The normalized spacial score (nSPS) is 17.7. The fourth-order valence-electron chi connectivity index (χ4n) is 2.74. The number of hydrogen-bond donors (Lipinski definition) is 2. The Balaban J connectivity index is 1.92. The van der Waals surface area contributed by atoms with Crippen molar-refractivity contribution in [3.8, 4) is 5.88 Å². The Labute approximate surface area is 121 Å². The van der Waals surface area contributed by atoms with E-state index in [2.05, 4.69) is 22.2 Å². The Morgan fingerprint density at radius 2 is 2.15 bits per heavy atom. The summed E-state index contributed by atoms with van der Waals surface area (Å²) in [4.78, 5) is 8.63. The Hall–Kier alpha value is -1.36. The van der Waals surface area contributed by atoms with Crippen LogP contribution in [0.1, 0.15) is 45.4 Å². The minimum Gasteiger partial charge on any atom is -0.478 e. The Bertz CT molecular complexity index is 405. The lowest BCUT2D eigenvalue weighted by Crippen LogP contribution is -2.39. The lowest BCUT2D eigenvalue weighted by Gasteiger charge is -2.36. The van der Waals surface area contributed by atoms with Crippen LogP contribution in [0.4, 0.5) is 5.95 Å². The molecule has 1 aromatic rings. The second-order valence-corrected chi connectivity index (χ2v) is 5.69. The predicted molar refractivity (Wildman–Crippen MR) is 80.9 cm³/mol. The lowest BCUT2D eigenvalue weighted by molar-refractivity contribution is 0.215. The van der Waals surface area contributed by atoms with E-state index < -0.39 is 0 Å². The topological polar surface area (TPSA) is 73.1 Å². The summed E-state index contributed by atoms with van der Waals surface area (Å²) in [6.45, 7) is 4.34. The summed E-state index contributed by atoms with van der Waals surface area (Å²) in [6, 6.07) is 1.79. The zero-order valence-electron chi connectivity index (χ0n) is 12.4. The van der Waals surface area contributed by atoms with Crippen LogP contribution in [0.25, 0.3) is 0 Å².